The Labute approximate surface area is 384 Å². The van der Waals surface area contributed by atoms with Gasteiger partial charge in [-0.05, 0) is 57.8 Å². The molecular formula is C61H37N5O. The van der Waals surface area contributed by atoms with E-state index in [-0.39, 0.29) is 0 Å². The van der Waals surface area contributed by atoms with Crippen LogP contribution in [0.2, 0.25) is 0 Å². The molecule has 0 saturated carbocycles. The zero-order valence-electron chi connectivity index (χ0n) is 36.0. The van der Waals surface area contributed by atoms with Crippen LogP contribution in [0.4, 0.5) is 0 Å². The molecule has 4 aromatic heterocycles. The molecule has 67 heavy (non-hydrogen) atoms. The van der Waals surface area contributed by atoms with Crippen LogP contribution in [0.1, 0.15) is 0 Å². The second-order valence-corrected chi connectivity index (χ2v) is 17.1. The highest BCUT2D eigenvalue weighted by Crippen LogP contribution is 2.45. The van der Waals surface area contributed by atoms with E-state index in [4.69, 9.17) is 19.4 Å². The first-order chi connectivity index (χ1) is 33.2. The summed E-state index contributed by atoms with van der Waals surface area (Å²) in [7, 11) is 0. The van der Waals surface area contributed by atoms with Gasteiger partial charge in [0.15, 0.2) is 11.6 Å². The molecule has 0 spiro atoms. The molecule has 6 nitrogen and oxygen atoms in total. The molecule has 0 saturated heterocycles. The molecular weight excluding hydrogens is 819 g/mol. The van der Waals surface area contributed by atoms with E-state index < -0.39 is 0 Å². The first kappa shape index (κ1) is 37.3. The highest BCUT2D eigenvalue weighted by molar-refractivity contribution is 6.24. The lowest BCUT2D eigenvalue weighted by atomic mass is 9.95. The van der Waals surface area contributed by atoms with E-state index in [9.17, 15) is 0 Å². The summed E-state index contributed by atoms with van der Waals surface area (Å²) in [5, 5.41) is 9.09. The van der Waals surface area contributed by atoms with E-state index in [1.807, 2.05) is 42.5 Å². The van der Waals surface area contributed by atoms with E-state index >= 15 is 0 Å². The van der Waals surface area contributed by atoms with Crippen molar-refractivity contribution in [1.82, 2.24) is 24.1 Å². The molecule has 0 amide bonds. The van der Waals surface area contributed by atoms with Crippen molar-refractivity contribution in [3.05, 3.63) is 224 Å². The van der Waals surface area contributed by atoms with E-state index in [1.54, 1.807) is 0 Å². The van der Waals surface area contributed by atoms with Crippen molar-refractivity contribution in [3.8, 4) is 56.7 Å². The Morgan fingerprint density at radius 1 is 0.328 bits per heavy atom. The topological polar surface area (TPSA) is 61.7 Å². The Bertz CT molecular complexity index is 4200. The summed E-state index contributed by atoms with van der Waals surface area (Å²) >= 11 is 0. The third-order valence-electron chi connectivity index (χ3n) is 13.4. The summed E-state index contributed by atoms with van der Waals surface area (Å²) in [4.78, 5) is 15.7. The van der Waals surface area contributed by atoms with Gasteiger partial charge in [-0.2, -0.15) is 9.97 Å². The minimum Gasteiger partial charge on any atom is -0.455 e. The van der Waals surface area contributed by atoms with E-state index in [2.05, 4.69) is 191 Å². The number of benzene rings is 10. The fraction of sp³-hybridized carbons (Fsp3) is 0. The molecule has 6 heteroatoms. The number of furan rings is 1. The number of nitrogens with zero attached hydrogens (tertiary/aromatic N) is 5. The van der Waals surface area contributed by atoms with Gasteiger partial charge < -0.3 is 8.98 Å². The summed E-state index contributed by atoms with van der Waals surface area (Å²) in [5.41, 5.74) is 13.2. The maximum Gasteiger partial charge on any atom is 0.238 e. The van der Waals surface area contributed by atoms with Crippen LogP contribution >= 0.6 is 0 Å². The highest BCUT2D eigenvalue weighted by atomic mass is 16.3. The Morgan fingerprint density at radius 2 is 0.851 bits per heavy atom. The quantitative estimate of drug-likeness (QED) is 0.167. The summed E-state index contributed by atoms with van der Waals surface area (Å²) in [6.07, 6.45) is 0. The summed E-state index contributed by atoms with van der Waals surface area (Å²) < 4.78 is 11.5. The van der Waals surface area contributed by atoms with Crippen molar-refractivity contribution in [1.29, 1.82) is 0 Å². The Hall–Kier alpha value is -9.13. The predicted octanol–water partition coefficient (Wildman–Crippen LogP) is 15.8. The van der Waals surface area contributed by atoms with Gasteiger partial charge >= 0.3 is 0 Å². The van der Waals surface area contributed by atoms with E-state index in [0.717, 1.165) is 93.5 Å². The number of rotatable bonds is 6. The number of para-hydroxylation sites is 3. The molecule has 0 atom stereocenters. The van der Waals surface area contributed by atoms with Gasteiger partial charge in [-0.25, -0.2) is 4.98 Å². The van der Waals surface area contributed by atoms with Crippen molar-refractivity contribution >= 4 is 76.3 Å². The maximum atomic E-state index is 6.80. The molecule has 0 unspecified atom stereocenters. The lowest BCUT2D eigenvalue weighted by Gasteiger charge is -2.15. The fourth-order valence-electron chi connectivity index (χ4n) is 10.3. The van der Waals surface area contributed by atoms with Crippen molar-refractivity contribution in [2.45, 2.75) is 0 Å². The minimum atomic E-state index is 0.548. The van der Waals surface area contributed by atoms with E-state index in [0.29, 0.717) is 17.6 Å². The van der Waals surface area contributed by atoms with Gasteiger partial charge in [-0.15, -0.1) is 0 Å². The van der Waals surface area contributed by atoms with Crippen molar-refractivity contribution in [3.63, 3.8) is 0 Å². The fourth-order valence-corrected chi connectivity index (χ4v) is 10.3. The third-order valence-corrected chi connectivity index (χ3v) is 13.4. The molecule has 4 heterocycles. The van der Waals surface area contributed by atoms with Gasteiger partial charge in [-0.1, -0.05) is 194 Å². The first-order valence-corrected chi connectivity index (χ1v) is 22.6. The minimum absolute atomic E-state index is 0.548. The Morgan fingerprint density at radius 3 is 1.52 bits per heavy atom. The molecule has 0 aliphatic carbocycles. The van der Waals surface area contributed by atoms with Crippen LogP contribution < -0.4 is 0 Å². The Balaban J connectivity index is 1.07. The Kier molecular flexibility index (Phi) is 8.18. The molecule has 0 aliphatic heterocycles. The lowest BCUT2D eigenvalue weighted by molar-refractivity contribution is 0.670. The van der Waals surface area contributed by atoms with Crippen molar-refractivity contribution in [2.24, 2.45) is 0 Å². The van der Waals surface area contributed by atoms with Gasteiger partial charge in [0.2, 0.25) is 5.95 Å². The van der Waals surface area contributed by atoms with Crippen LogP contribution in [0.5, 0.6) is 0 Å². The van der Waals surface area contributed by atoms with Crippen LogP contribution in [-0.4, -0.2) is 24.1 Å². The van der Waals surface area contributed by atoms with Crippen molar-refractivity contribution in [2.75, 3.05) is 0 Å². The van der Waals surface area contributed by atoms with Crippen LogP contribution in [0.3, 0.4) is 0 Å². The van der Waals surface area contributed by atoms with Crippen LogP contribution in [0.15, 0.2) is 229 Å². The lowest BCUT2D eigenvalue weighted by Crippen LogP contribution is -2.07. The van der Waals surface area contributed by atoms with Gasteiger partial charge in [0.1, 0.15) is 11.2 Å². The average molecular weight is 856 g/mol. The van der Waals surface area contributed by atoms with Gasteiger partial charge in [0.25, 0.3) is 0 Å². The van der Waals surface area contributed by atoms with Gasteiger partial charge in [0, 0.05) is 54.7 Å². The normalized spacial score (nSPS) is 11.9. The second kappa shape index (κ2) is 14.7. The van der Waals surface area contributed by atoms with Gasteiger partial charge in [0.05, 0.1) is 22.1 Å². The van der Waals surface area contributed by atoms with Crippen molar-refractivity contribution < 1.29 is 4.42 Å². The SMILES string of the molecule is c1ccc(-c2nc(-c3ccccc3)nc(-n3c4ccccc4c4ccc5c6ccccc6n(-c6cc(-c7ccc(-c8cccc9ccccc89)cc7)c7oc8ccccc8c7c6)c5c43)n2)cc1. The molecule has 14 aromatic rings. The number of hydrogen-bond donors (Lipinski definition) is 0. The summed E-state index contributed by atoms with van der Waals surface area (Å²) in [6, 6.07) is 79.2. The zero-order chi connectivity index (χ0) is 44.0. The van der Waals surface area contributed by atoms with E-state index in [1.165, 1.54) is 21.9 Å². The summed E-state index contributed by atoms with van der Waals surface area (Å²) in [5.74, 6) is 1.76. The monoisotopic (exact) mass is 855 g/mol. The smallest absolute Gasteiger partial charge is 0.238 e. The second-order valence-electron chi connectivity index (χ2n) is 17.1. The standard InChI is InChI=1S/C61H37N5O/c1-3-17-41(18-4-1)59-62-60(42-19-5-2-6-20-42)64-61(63-59)66-54-28-13-10-24-47(54)50-35-34-49-46-23-9-12-27-53(46)65(56(49)57(50)66)43-36-51(58-52(37-43)48-25-11-14-29-55(48)67-58)40-32-30-39(31-33-40)45-26-15-21-38-16-7-8-22-44(38)45/h1-37H. The molecule has 312 valence electrons. The van der Waals surface area contributed by atoms with Crippen LogP contribution in [0, 0.1) is 0 Å². The average Bonchev–Trinajstić information content (AvgIpc) is 4.07. The first-order valence-electron chi connectivity index (χ1n) is 22.6. The zero-order valence-corrected chi connectivity index (χ0v) is 36.0. The molecule has 0 fully saturated rings. The van der Waals surface area contributed by atoms with Crippen LogP contribution in [-0.2, 0) is 0 Å². The summed E-state index contributed by atoms with van der Waals surface area (Å²) in [6.45, 7) is 0. The number of aromatic nitrogens is 5. The van der Waals surface area contributed by atoms with Crippen LogP contribution in [0.25, 0.3) is 133 Å². The van der Waals surface area contributed by atoms with Gasteiger partial charge in [-0.3, -0.25) is 4.57 Å². The number of hydrogen-bond acceptors (Lipinski definition) is 4. The molecule has 0 aliphatic rings. The molecule has 0 bridgehead atoms. The molecule has 14 rings (SSSR count). The molecule has 0 radical (unpaired) electrons. The maximum absolute atomic E-state index is 6.80. The molecule has 0 N–H and O–H groups in total. The molecule has 10 aromatic carbocycles. The predicted molar refractivity (Wildman–Crippen MR) is 275 cm³/mol. The number of fused-ring (bicyclic) bond motifs is 11. The third kappa shape index (κ3) is 5.80. The highest BCUT2D eigenvalue weighted by Gasteiger charge is 2.25. The largest absolute Gasteiger partial charge is 0.455 e.